The first-order valence-electron chi connectivity index (χ1n) is 7.22. The van der Waals surface area contributed by atoms with Gasteiger partial charge < -0.3 is 5.73 Å². The van der Waals surface area contributed by atoms with Gasteiger partial charge in [-0.05, 0) is 35.2 Å². The van der Waals surface area contributed by atoms with Gasteiger partial charge in [-0.25, -0.2) is 17.4 Å². The summed E-state index contributed by atoms with van der Waals surface area (Å²) in [5, 5.41) is 0. The molecule has 0 saturated heterocycles. The third-order valence-corrected chi connectivity index (χ3v) is 5.43. The Morgan fingerprint density at radius 1 is 1.00 bits per heavy atom. The molecule has 0 bridgehead atoms. The van der Waals surface area contributed by atoms with Crippen molar-refractivity contribution in [3.63, 3.8) is 0 Å². The number of nitrogens with two attached hydrogens (primary N) is 1. The van der Waals surface area contributed by atoms with Crippen molar-refractivity contribution in [2.24, 2.45) is 5.73 Å². The molecular weight excluding hydrogens is 372 g/mol. The molecule has 1 aliphatic rings. The lowest BCUT2D eigenvalue weighted by atomic mass is 10.2. The molecule has 0 amide bonds. The quantitative estimate of drug-likeness (QED) is 0.674. The summed E-state index contributed by atoms with van der Waals surface area (Å²) in [6.45, 7) is 0.515. The SMILES string of the molecule is Cl.NCC=CCN1c2ccccc2N(c2ccc(F)cc2F)S1(O)O. The van der Waals surface area contributed by atoms with Crippen LogP contribution in [0.1, 0.15) is 0 Å². The van der Waals surface area contributed by atoms with E-state index in [0.29, 0.717) is 24.0 Å². The standard InChI is InChI=1S/C16H17F2N3O2S.ClH/c17-12-7-8-14(13(18)11-12)21-16-6-2-1-5-15(16)20(24(21,22)23)10-4-3-9-19;/h1-8,11,22-23H,9-10,19H2;1H. The van der Waals surface area contributed by atoms with Crippen LogP contribution < -0.4 is 14.3 Å². The normalized spacial score (nSPS) is 16.7. The predicted molar refractivity (Wildman–Crippen MR) is 101 cm³/mol. The van der Waals surface area contributed by atoms with E-state index >= 15 is 0 Å². The molecule has 9 heteroatoms. The van der Waals surface area contributed by atoms with Crippen molar-refractivity contribution < 1.29 is 17.9 Å². The lowest BCUT2D eigenvalue weighted by molar-refractivity contribution is 0.485. The fourth-order valence-electron chi connectivity index (χ4n) is 2.58. The second-order valence-electron chi connectivity index (χ2n) is 5.14. The van der Waals surface area contributed by atoms with Crippen LogP contribution in [-0.4, -0.2) is 22.2 Å². The van der Waals surface area contributed by atoms with E-state index in [4.69, 9.17) is 5.73 Å². The number of benzene rings is 2. The highest BCUT2D eigenvalue weighted by Crippen LogP contribution is 2.64. The molecule has 2 aromatic carbocycles. The second-order valence-corrected chi connectivity index (χ2v) is 6.92. The lowest BCUT2D eigenvalue weighted by Crippen LogP contribution is -2.31. The highest BCUT2D eigenvalue weighted by atomic mass is 35.5. The number of hydrogen-bond donors (Lipinski definition) is 3. The summed E-state index contributed by atoms with van der Waals surface area (Å²) in [7, 11) is -3.54. The molecule has 0 atom stereocenters. The van der Waals surface area contributed by atoms with Crippen molar-refractivity contribution in [2.45, 2.75) is 0 Å². The van der Waals surface area contributed by atoms with Crippen molar-refractivity contribution in [3.05, 3.63) is 66.3 Å². The zero-order valence-corrected chi connectivity index (χ0v) is 14.7. The number of anilines is 3. The Morgan fingerprint density at radius 3 is 2.32 bits per heavy atom. The van der Waals surface area contributed by atoms with E-state index in [1.165, 1.54) is 10.4 Å². The van der Waals surface area contributed by atoms with Gasteiger partial charge in [0, 0.05) is 12.6 Å². The van der Waals surface area contributed by atoms with Gasteiger partial charge in [0.25, 0.3) is 0 Å². The number of hydrogen-bond acceptors (Lipinski definition) is 5. The first-order valence-corrected chi connectivity index (χ1v) is 8.68. The number of fused-ring (bicyclic) bond motifs is 1. The van der Waals surface area contributed by atoms with Gasteiger partial charge in [-0.3, -0.25) is 9.11 Å². The fraction of sp³-hybridized carbons (Fsp3) is 0.125. The average molecular weight is 390 g/mol. The van der Waals surface area contributed by atoms with Gasteiger partial charge in [-0.1, -0.05) is 24.3 Å². The molecule has 0 saturated carbocycles. The third kappa shape index (κ3) is 3.44. The average Bonchev–Trinajstić information content (AvgIpc) is 2.76. The van der Waals surface area contributed by atoms with Crippen molar-refractivity contribution in [1.29, 1.82) is 0 Å². The first kappa shape index (κ1) is 19.5. The van der Waals surface area contributed by atoms with Gasteiger partial charge in [0.05, 0.1) is 17.9 Å². The van der Waals surface area contributed by atoms with Gasteiger partial charge in [0.2, 0.25) is 0 Å². The molecule has 3 rings (SSSR count). The smallest absolute Gasteiger partial charge is 0.151 e. The molecule has 4 N–H and O–H groups in total. The Balaban J connectivity index is 0.00000225. The Bertz CT molecular complexity index is 792. The molecule has 136 valence electrons. The largest absolute Gasteiger partial charge is 0.327 e. The summed E-state index contributed by atoms with van der Waals surface area (Å²) < 4.78 is 51.4. The van der Waals surface area contributed by atoms with E-state index in [0.717, 1.165) is 10.4 Å². The molecule has 25 heavy (non-hydrogen) atoms. The number of rotatable bonds is 4. The third-order valence-electron chi connectivity index (χ3n) is 3.61. The van der Waals surface area contributed by atoms with Crippen molar-refractivity contribution in [3.8, 4) is 0 Å². The molecule has 0 radical (unpaired) electrons. The maximum Gasteiger partial charge on any atom is 0.151 e. The van der Waals surface area contributed by atoms with Gasteiger partial charge >= 0.3 is 0 Å². The van der Waals surface area contributed by atoms with Gasteiger partial charge in [-0.2, -0.15) is 0 Å². The number of para-hydroxylation sites is 2. The molecule has 0 aliphatic carbocycles. The number of halogens is 3. The van der Waals surface area contributed by atoms with Crippen LogP contribution in [0.3, 0.4) is 0 Å². The van der Waals surface area contributed by atoms with E-state index in [-0.39, 0.29) is 24.6 Å². The van der Waals surface area contributed by atoms with Crippen LogP contribution >= 0.6 is 23.4 Å². The molecule has 2 aromatic rings. The Kier molecular flexibility index (Phi) is 5.91. The molecular formula is C16H18ClF2N3O2S. The zero-order valence-electron chi connectivity index (χ0n) is 13.0. The Morgan fingerprint density at radius 2 is 1.68 bits per heavy atom. The molecule has 0 fully saturated rings. The molecule has 1 heterocycles. The van der Waals surface area contributed by atoms with Gasteiger partial charge in [0.1, 0.15) is 11.5 Å². The van der Waals surface area contributed by atoms with Crippen LogP contribution in [-0.2, 0) is 0 Å². The van der Waals surface area contributed by atoms with E-state index in [9.17, 15) is 17.9 Å². The Hall–Kier alpha value is -1.84. The highest BCUT2D eigenvalue weighted by molar-refractivity contribution is 8.27. The molecule has 0 unspecified atom stereocenters. The summed E-state index contributed by atoms with van der Waals surface area (Å²) in [4.78, 5) is 0. The summed E-state index contributed by atoms with van der Waals surface area (Å²) in [5.74, 6) is -1.60. The fourth-order valence-corrected chi connectivity index (χ4v) is 4.31. The minimum absolute atomic E-state index is 0. The van der Waals surface area contributed by atoms with Crippen LogP contribution in [0.15, 0.2) is 54.6 Å². The van der Waals surface area contributed by atoms with Crippen LogP contribution in [0.2, 0.25) is 0 Å². The molecule has 5 nitrogen and oxygen atoms in total. The highest BCUT2D eigenvalue weighted by Gasteiger charge is 2.42. The first-order chi connectivity index (χ1) is 11.5. The number of nitrogens with zero attached hydrogens (tertiary/aromatic N) is 2. The monoisotopic (exact) mass is 389 g/mol. The minimum Gasteiger partial charge on any atom is -0.327 e. The van der Waals surface area contributed by atoms with E-state index < -0.39 is 22.6 Å². The van der Waals surface area contributed by atoms with E-state index in [1.807, 2.05) is 0 Å². The molecule has 1 aliphatic heterocycles. The topological polar surface area (TPSA) is 73.0 Å². The zero-order chi connectivity index (χ0) is 17.3. The Labute approximate surface area is 152 Å². The van der Waals surface area contributed by atoms with Crippen LogP contribution in [0.5, 0.6) is 0 Å². The van der Waals surface area contributed by atoms with Gasteiger partial charge in [-0.15, -0.1) is 12.4 Å². The minimum atomic E-state index is -3.54. The lowest BCUT2D eigenvalue weighted by Gasteiger charge is -2.43. The maximum atomic E-state index is 14.2. The van der Waals surface area contributed by atoms with E-state index in [2.05, 4.69) is 0 Å². The summed E-state index contributed by atoms with van der Waals surface area (Å²) in [5.41, 5.74) is 6.28. The summed E-state index contributed by atoms with van der Waals surface area (Å²) >= 11 is 0. The van der Waals surface area contributed by atoms with Crippen molar-refractivity contribution in [2.75, 3.05) is 21.7 Å². The second kappa shape index (κ2) is 7.59. The summed E-state index contributed by atoms with van der Waals surface area (Å²) in [6.07, 6.45) is 3.40. The molecule has 0 spiro atoms. The predicted octanol–water partition coefficient (Wildman–Crippen LogP) is 4.44. The maximum absolute atomic E-state index is 14.2. The van der Waals surface area contributed by atoms with Crippen molar-refractivity contribution in [1.82, 2.24) is 0 Å². The van der Waals surface area contributed by atoms with Crippen LogP contribution in [0.4, 0.5) is 25.8 Å². The van der Waals surface area contributed by atoms with E-state index in [1.54, 1.807) is 36.4 Å². The van der Waals surface area contributed by atoms with Crippen LogP contribution in [0.25, 0.3) is 0 Å². The molecule has 0 aromatic heterocycles. The summed E-state index contributed by atoms with van der Waals surface area (Å²) in [6, 6.07) is 9.80. The van der Waals surface area contributed by atoms with Gasteiger partial charge in [0.15, 0.2) is 5.82 Å². The van der Waals surface area contributed by atoms with Crippen molar-refractivity contribution >= 4 is 40.4 Å². The van der Waals surface area contributed by atoms with Crippen LogP contribution in [0, 0.1) is 11.6 Å².